The molecule has 1 N–H and O–H groups in total. The molecule has 6 heteroatoms. The van der Waals surface area contributed by atoms with Gasteiger partial charge in [-0.1, -0.05) is 13.8 Å². The number of aromatic amines is 1. The molecule has 2 aromatic heterocycles. The van der Waals surface area contributed by atoms with E-state index in [2.05, 4.69) is 16.9 Å². The second-order valence-electron chi connectivity index (χ2n) is 4.42. The van der Waals surface area contributed by atoms with Crippen LogP contribution in [0.2, 0.25) is 0 Å². The summed E-state index contributed by atoms with van der Waals surface area (Å²) in [6, 6.07) is 0. The molecule has 2 rings (SSSR count). The van der Waals surface area contributed by atoms with Crippen molar-refractivity contribution in [1.82, 2.24) is 19.1 Å². The molecule has 18 heavy (non-hydrogen) atoms. The molecule has 0 aliphatic carbocycles. The van der Waals surface area contributed by atoms with E-state index in [0.717, 1.165) is 25.1 Å². The normalized spacial score (nSPS) is 11.3. The summed E-state index contributed by atoms with van der Waals surface area (Å²) in [4.78, 5) is 30.4. The van der Waals surface area contributed by atoms with Gasteiger partial charge in [0.1, 0.15) is 5.82 Å². The lowest BCUT2D eigenvalue weighted by Gasteiger charge is -2.03. The fraction of sp³-hybridized carbons (Fsp3) is 0.583. The zero-order chi connectivity index (χ0) is 13.3. The summed E-state index contributed by atoms with van der Waals surface area (Å²) in [5.74, 6) is 0.841. The highest BCUT2D eigenvalue weighted by atomic mass is 16.2. The highest BCUT2D eigenvalue weighted by molar-refractivity contribution is 5.70. The first-order valence-corrected chi connectivity index (χ1v) is 6.28. The first-order valence-electron chi connectivity index (χ1n) is 6.28. The van der Waals surface area contributed by atoms with E-state index in [1.807, 2.05) is 14.0 Å². The van der Waals surface area contributed by atoms with Crippen molar-refractivity contribution in [3.8, 4) is 0 Å². The SMILES string of the molecule is CCCc1nc2c(c(=O)[nH]c(=O)n2CCC)n1C. The van der Waals surface area contributed by atoms with Crippen molar-refractivity contribution in [2.24, 2.45) is 7.05 Å². The van der Waals surface area contributed by atoms with Crippen LogP contribution in [0.4, 0.5) is 0 Å². The van der Waals surface area contributed by atoms with Gasteiger partial charge in [0.25, 0.3) is 5.56 Å². The van der Waals surface area contributed by atoms with E-state index < -0.39 is 0 Å². The largest absolute Gasteiger partial charge is 0.330 e. The van der Waals surface area contributed by atoms with Gasteiger partial charge in [-0.15, -0.1) is 0 Å². The van der Waals surface area contributed by atoms with Crippen molar-refractivity contribution in [3.63, 3.8) is 0 Å². The van der Waals surface area contributed by atoms with E-state index >= 15 is 0 Å². The third kappa shape index (κ3) is 1.87. The second kappa shape index (κ2) is 4.80. The van der Waals surface area contributed by atoms with Crippen LogP contribution in [0.1, 0.15) is 32.5 Å². The highest BCUT2D eigenvalue weighted by Crippen LogP contribution is 2.11. The zero-order valence-corrected chi connectivity index (χ0v) is 11.0. The van der Waals surface area contributed by atoms with Gasteiger partial charge in [0.2, 0.25) is 0 Å². The Bertz CT molecular complexity index is 678. The first-order chi connectivity index (χ1) is 8.60. The Balaban J connectivity index is 2.82. The van der Waals surface area contributed by atoms with E-state index in [-0.39, 0.29) is 11.2 Å². The van der Waals surface area contributed by atoms with Gasteiger partial charge < -0.3 is 4.57 Å². The Morgan fingerprint density at radius 3 is 2.56 bits per heavy atom. The van der Waals surface area contributed by atoms with Crippen LogP contribution in [0.25, 0.3) is 11.2 Å². The molecule has 0 fully saturated rings. The van der Waals surface area contributed by atoms with Gasteiger partial charge in [0.05, 0.1) is 0 Å². The summed E-state index contributed by atoms with van der Waals surface area (Å²) in [7, 11) is 1.82. The Morgan fingerprint density at radius 1 is 1.22 bits per heavy atom. The van der Waals surface area contributed by atoms with Gasteiger partial charge in [-0.05, 0) is 12.8 Å². The van der Waals surface area contributed by atoms with Crippen LogP contribution < -0.4 is 11.2 Å². The van der Waals surface area contributed by atoms with Gasteiger partial charge in [-0.25, -0.2) is 9.78 Å². The topological polar surface area (TPSA) is 72.7 Å². The maximum atomic E-state index is 11.9. The standard InChI is InChI=1S/C12H18N4O2/c1-4-6-8-13-10-9(15(8)3)11(17)14-12(18)16(10)7-5-2/h4-7H2,1-3H3,(H,14,17,18). The smallest absolute Gasteiger partial charge is 0.325 e. The molecule has 0 unspecified atom stereocenters. The summed E-state index contributed by atoms with van der Waals surface area (Å²) in [6.45, 7) is 4.61. The lowest BCUT2D eigenvalue weighted by Crippen LogP contribution is -2.30. The van der Waals surface area contributed by atoms with Gasteiger partial charge in [-0.3, -0.25) is 14.3 Å². The molecule has 98 valence electrons. The van der Waals surface area contributed by atoms with Crippen LogP contribution in [0, 0.1) is 0 Å². The predicted octanol–water partition coefficient (Wildman–Crippen LogP) is 0.786. The van der Waals surface area contributed by atoms with Crippen molar-refractivity contribution in [2.75, 3.05) is 0 Å². The molecule has 0 aliphatic heterocycles. The molecule has 0 aliphatic rings. The van der Waals surface area contributed by atoms with Crippen molar-refractivity contribution in [2.45, 2.75) is 39.7 Å². The lowest BCUT2D eigenvalue weighted by molar-refractivity contribution is 0.652. The van der Waals surface area contributed by atoms with Crippen LogP contribution in [-0.2, 0) is 20.0 Å². The monoisotopic (exact) mass is 250 g/mol. The number of aromatic nitrogens is 4. The van der Waals surface area contributed by atoms with Crippen molar-refractivity contribution in [3.05, 3.63) is 26.7 Å². The molecule has 6 nitrogen and oxygen atoms in total. The van der Waals surface area contributed by atoms with E-state index in [4.69, 9.17) is 0 Å². The molecule has 0 amide bonds. The average Bonchev–Trinajstić information content (AvgIpc) is 2.63. The molecule has 0 radical (unpaired) electrons. The number of nitrogens with zero attached hydrogens (tertiary/aromatic N) is 3. The number of imidazole rings is 1. The molecule has 0 bridgehead atoms. The van der Waals surface area contributed by atoms with E-state index in [1.54, 1.807) is 4.57 Å². The van der Waals surface area contributed by atoms with E-state index in [1.165, 1.54) is 4.57 Å². The summed E-state index contributed by atoms with van der Waals surface area (Å²) in [5.41, 5.74) is 0.234. The minimum atomic E-state index is -0.379. The maximum Gasteiger partial charge on any atom is 0.330 e. The van der Waals surface area contributed by atoms with Gasteiger partial charge in [0, 0.05) is 20.0 Å². The number of nitrogens with one attached hydrogen (secondary N) is 1. The van der Waals surface area contributed by atoms with Crippen LogP contribution in [-0.4, -0.2) is 19.1 Å². The first kappa shape index (κ1) is 12.6. The molecule has 2 heterocycles. The quantitative estimate of drug-likeness (QED) is 0.871. The number of fused-ring (bicyclic) bond motifs is 1. The summed E-state index contributed by atoms with van der Waals surface area (Å²) < 4.78 is 3.32. The molecule has 0 saturated carbocycles. The van der Waals surface area contributed by atoms with Gasteiger partial charge in [-0.2, -0.15) is 0 Å². The van der Waals surface area contributed by atoms with Crippen LogP contribution >= 0.6 is 0 Å². The Morgan fingerprint density at radius 2 is 1.94 bits per heavy atom. The minimum Gasteiger partial charge on any atom is -0.325 e. The maximum absolute atomic E-state index is 11.9. The number of H-pyrrole nitrogens is 1. The molecule has 0 spiro atoms. The Kier molecular flexibility index (Phi) is 3.36. The number of hydrogen-bond acceptors (Lipinski definition) is 3. The fourth-order valence-electron chi connectivity index (χ4n) is 2.17. The lowest BCUT2D eigenvalue weighted by atomic mass is 10.3. The van der Waals surface area contributed by atoms with E-state index in [9.17, 15) is 9.59 Å². The highest BCUT2D eigenvalue weighted by Gasteiger charge is 2.15. The third-order valence-corrected chi connectivity index (χ3v) is 3.03. The molecule has 0 atom stereocenters. The Hall–Kier alpha value is -1.85. The third-order valence-electron chi connectivity index (χ3n) is 3.03. The van der Waals surface area contributed by atoms with E-state index in [0.29, 0.717) is 17.7 Å². The fourth-order valence-corrected chi connectivity index (χ4v) is 2.17. The molecule has 0 aromatic carbocycles. The molecule has 2 aromatic rings. The van der Waals surface area contributed by atoms with Crippen LogP contribution in [0.5, 0.6) is 0 Å². The zero-order valence-electron chi connectivity index (χ0n) is 11.0. The molecular weight excluding hydrogens is 232 g/mol. The van der Waals surface area contributed by atoms with Crippen LogP contribution in [0.3, 0.4) is 0 Å². The molecular formula is C12H18N4O2. The Labute approximate surface area is 104 Å². The predicted molar refractivity (Wildman–Crippen MR) is 69.9 cm³/mol. The van der Waals surface area contributed by atoms with Crippen molar-refractivity contribution < 1.29 is 0 Å². The average molecular weight is 250 g/mol. The second-order valence-corrected chi connectivity index (χ2v) is 4.42. The van der Waals surface area contributed by atoms with Crippen molar-refractivity contribution >= 4 is 11.2 Å². The molecule has 0 saturated heterocycles. The summed E-state index contributed by atoms with van der Waals surface area (Å²) in [5, 5.41) is 0. The number of hydrogen-bond donors (Lipinski definition) is 1. The number of aryl methyl sites for hydroxylation is 3. The summed E-state index contributed by atoms with van der Waals surface area (Å²) >= 11 is 0. The van der Waals surface area contributed by atoms with Gasteiger partial charge >= 0.3 is 5.69 Å². The van der Waals surface area contributed by atoms with Crippen LogP contribution in [0.15, 0.2) is 9.59 Å². The number of rotatable bonds is 4. The van der Waals surface area contributed by atoms with Crippen molar-refractivity contribution in [1.29, 1.82) is 0 Å². The summed E-state index contributed by atoms with van der Waals surface area (Å²) in [6.07, 6.45) is 2.57. The van der Waals surface area contributed by atoms with Gasteiger partial charge in [0.15, 0.2) is 11.2 Å². The minimum absolute atomic E-state index is 0.361.